The molecular weight excluding hydrogens is 949 g/mol. The molecule has 0 atom stereocenters. The Bertz CT molecular complexity index is 3120. The van der Waals surface area contributed by atoms with Crippen LogP contribution in [0.2, 0.25) is 0 Å². The Kier molecular flexibility index (Phi) is 14.4. The van der Waals surface area contributed by atoms with Crippen molar-refractivity contribution in [2.45, 2.75) is 19.6 Å². The van der Waals surface area contributed by atoms with Gasteiger partial charge in [0, 0.05) is 22.7 Å². The van der Waals surface area contributed by atoms with Crippen LogP contribution in [-0.4, -0.2) is 95.0 Å². The van der Waals surface area contributed by atoms with E-state index < -0.39 is 60.1 Å². The predicted molar refractivity (Wildman–Crippen MR) is 238 cm³/mol. The zero-order chi connectivity index (χ0) is 47.9. The van der Waals surface area contributed by atoms with E-state index in [1.807, 2.05) is 0 Å². The first-order valence-corrected chi connectivity index (χ1v) is 24.0. The van der Waals surface area contributed by atoms with E-state index in [9.17, 15) is 51.9 Å². The van der Waals surface area contributed by atoms with Crippen molar-refractivity contribution in [2.75, 3.05) is 34.5 Å². The zero-order valence-electron chi connectivity index (χ0n) is 33.4. The minimum absolute atomic E-state index is 0.00961. The number of nitrogens with zero attached hydrogens (tertiary/aromatic N) is 6. The van der Waals surface area contributed by atoms with E-state index in [0.717, 1.165) is 48.6 Å². The quantitative estimate of drug-likeness (QED) is 0.0272. The standard InChI is InChI=1S/C38H34N10O14S4/c1-3-17-61-37-45-33(39-25-7-5-9-29(19-25)63(49,50)51)43-35(47-37)41-27-15-13-23(31(21-27)65(55,56)57)11-12-24-14-16-28(22-32(24)66(58,59)60)42-36-44-34(46-38(48-36)62-18-4-2)40-26-8-6-10-30(20-26)64(52,53)54/h3-16,19-22H,1-2,17-18H2,(H,49,50,51)(H,52,53,54)(H,55,56,57)(H,58,59,60)(H2,39,41,43,45,47)(H2,40,42,44,46,48)/b12-11+. The second kappa shape index (κ2) is 19.7. The van der Waals surface area contributed by atoms with Crippen LogP contribution in [0.1, 0.15) is 11.1 Å². The van der Waals surface area contributed by atoms with E-state index in [2.05, 4.69) is 64.3 Å². The lowest BCUT2D eigenvalue weighted by molar-refractivity contribution is 0.333. The Morgan fingerprint density at radius 1 is 0.455 bits per heavy atom. The van der Waals surface area contributed by atoms with Gasteiger partial charge in [-0.2, -0.15) is 63.6 Å². The smallest absolute Gasteiger partial charge is 0.323 e. The van der Waals surface area contributed by atoms with Gasteiger partial charge in [-0.3, -0.25) is 18.2 Å². The van der Waals surface area contributed by atoms with Crippen molar-refractivity contribution >= 4 is 99.2 Å². The van der Waals surface area contributed by atoms with E-state index in [-0.39, 0.29) is 82.9 Å². The van der Waals surface area contributed by atoms with Gasteiger partial charge in [0.1, 0.15) is 23.0 Å². The molecule has 2 aromatic heterocycles. The van der Waals surface area contributed by atoms with Crippen LogP contribution in [0.5, 0.6) is 12.0 Å². The number of nitrogens with one attached hydrogen (secondary N) is 4. The van der Waals surface area contributed by atoms with Crippen molar-refractivity contribution in [2.24, 2.45) is 0 Å². The highest BCUT2D eigenvalue weighted by molar-refractivity contribution is 7.86. The number of aromatic nitrogens is 6. The molecule has 0 amide bonds. The van der Waals surface area contributed by atoms with E-state index >= 15 is 0 Å². The first kappa shape index (κ1) is 48.0. The lowest BCUT2D eigenvalue weighted by Gasteiger charge is -2.12. The van der Waals surface area contributed by atoms with Gasteiger partial charge < -0.3 is 30.7 Å². The topological polar surface area (TPSA) is 361 Å². The van der Waals surface area contributed by atoms with Crippen LogP contribution >= 0.6 is 0 Å². The van der Waals surface area contributed by atoms with Crippen molar-refractivity contribution in [3.05, 3.63) is 121 Å². The fourth-order valence-corrected chi connectivity index (χ4v) is 7.92. The molecule has 6 rings (SSSR count). The monoisotopic (exact) mass is 982 g/mol. The molecule has 0 spiro atoms. The van der Waals surface area contributed by atoms with Gasteiger partial charge in [-0.15, -0.1) is 0 Å². The average molecular weight is 983 g/mol. The molecular formula is C38H34N10O14S4. The molecule has 0 aliphatic rings. The van der Waals surface area contributed by atoms with Gasteiger partial charge in [-0.1, -0.05) is 61.7 Å². The molecule has 0 saturated heterocycles. The normalized spacial score (nSPS) is 12.0. The number of hydrogen-bond acceptors (Lipinski definition) is 20. The van der Waals surface area contributed by atoms with Crippen molar-refractivity contribution in [3.63, 3.8) is 0 Å². The molecule has 0 saturated carbocycles. The van der Waals surface area contributed by atoms with Crippen molar-refractivity contribution < 1.29 is 61.4 Å². The molecule has 24 nitrogen and oxygen atoms in total. The maximum atomic E-state index is 12.6. The molecule has 4 aromatic carbocycles. The zero-order valence-corrected chi connectivity index (χ0v) is 36.7. The fraction of sp³-hybridized carbons (Fsp3) is 0.0526. The average Bonchev–Trinajstić information content (AvgIpc) is 3.23. The molecule has 66 heavy (non-hydrogen) atoms. The number of rotatable bonds is 20. The number of hydrogen-bond donors (Lipinski definition) is 8. The third-order valence-electron chi connectivity index (χ3n) is 8.20. The maximum Gasteiger partial charge on any atom is 0.323 e. The van der Waals surface area contributed by atoms with Crippen molar-refractivity contribution in [1.29, 1.82) is 0 Å². The highest BCUT2D eigenvalue weighted by atomic mass is 32.2. The number of benzene rings is 4. The van der Waals surface area contributed by atoms with Crippen LogP contribution in [-0.2, 0) is 40.5 Å². The molecule has 6 aromatic rings. The van der Waals surface area contributed by atoms with Crippen LogP contribution in [0.15, 0.2) is 130 Å². The summed E-state index contributed by atoms with van der Waals surface area (Å²) in [5.74, 6) is -0.790. The molecule has 0 aliphatic heterocycles. The minimum atomic E-state index is -4.98. The summed E-state index contributed by atoms with van der Waals surface area (Å²) in [7, 11) is -19.1. The maximum absolute atomic E-state index is 12.6. The second-order valence-electron chi connectivity index (χ2n) is 13.0. The van der Waals surface area contributed by atoms with Crippen LogP contribution < -0.4 is 30.7 Å². The first-order chi connectivity index (χ1) is 31.1. The molecule has 2 heterocycles. The van der Waals surface area contributed by atoms with Crippen LogP contribution in [0, 0.1) is 0 Å². The Hall–Kier alpha value is -7.44. The van der Waals surface area contributed by atoms with Crippen molar-refractivity contribution in [1.82, 2.24) is 29.9 Å². The Balaban J connectivity index is 1.28. The van der Waals surface area contributed by atoms with Crippen LogP contribution in [0.3, 0.4) is 0 Å². The fourth-order valence-electron chi connectivity index (χ4n) is 5.44. The summed E-state index contributed by atoms with van der Waals surface area (Å²) in [4.78, 5) is 22.7. The largest absolute Gasteiger partial charge is 0.459 e. The summed E-state index contributed by atoms with van der Waals surface area (Å²) in [6, 6.07) is 16.9. The highest BCUT2D eigenvalue weighted by Crippen LogP contribution is 2.29. The summed E-state index contributed by atoms with van der Waals surface area (Å²) in [5.41, 5.74) is 0.0238. The van der Waals surface area contributed by atoms with Crippen LogP contribution in [0.25, 0.3) is 12.2 Å². The van der Waals surface area contributed by atoms with Gasteiger partial charge in [0.25, 0.3) is 40.5 Å². The summed E-state index contributed by atoms with van der Waals surface area (Å²) >= 11 is 0. The van der Waals surface area contributed by atoms with Crippen molar-refractivity contribution in [3.8, 4) is 12.0 Å². The first-order valence-electron chi connectivity index (χ1n) is 18.2. The van der Waals surface area contributed by atoms with Gasteiger partial charge in [-0.05, 0) is 71.8 Å². The molecule has 0 fully saturated rings. The lowest BCUT2D eigenvalue weighted by Crippen LogP contribution is -2.08. The van der Waals surface area contributed by atoms with E-state index in [0.29, 0.717) is 0 Å². The number of ether oxygens (including phenoxy) is 2. The SMILES string of the molecule is C=CCOc1nc(Nc2cccc(S(=O)(=O)O)c2)nc(Nc2ccc(/C=C/c3ccc(Nc4nc(Nc5cccc(S(=O)(=O)O)c5)nc(OCC=C)n4)cc3S(=O)(=O)O)c(S(=O)(=O)O)c2)n1. The van der Waals surface area contributed by atoms with Gasteiger partial charge in [0.15, 0.2) is 0 Å². The Morgan fingerprint density at radius 2 is 0.788 bits per heavy atom. The number of anilines is 8. The molecule has 0 aliphatic carbocycles. The van der Waals surface area contributed by atoms with Gasteiger partial charge in [0.05, 0.1) is 9.79 Å². The molecule has 0 radical (unpaired) electrons. The molecule has 8 N–H and O–H groups in total. The second-order valence-corrected chi connectivity index (χ2v) is 18.6. The van der Waals surface area contributed by atoms with Gasteiger partial charge >= 0.3 is 12.0 Å². The Labute approximate surface area is 376 Å². The summed E-state index contributed by atoms with van der Waals surface area (Å²) < 4.78 is 147. The summed E-state index contributed by atoms with van der Waals surface area (Å²) in [6.07, 6.45) is 5.11. The highest BCUT2D eigenvalue weighted by Gasteiger charge is 2.20. The van der Waals surface area contributed by atoms with E-state index in [1.54, 1.807) is 0 Å². The van der Waals surface area contributed by atoms with Gasteiger partial charge in [0.2, 0.25) is 23.8 Å². The van der Waals surface area contributed by atoms with E-state index in [1.165, 1.54) is 60.7 Å². The summed E-state index contributed by atoms with van der Waals surface area (Å²) in [5, 5.41) is 11.0. The molecule has 0 bridgehead atoms. The van der Waals surface area contributed by atoms with Crippen LogP contribution in [0.4, 0.5) is 46.5 Å². The third-order valence-corrected chi connectivity index (χ3v) is 11.7. The molecule has 28 heteroatoms. The van der Waals surface area contributed by atoms with E-state index in [4.69, 9.17) is 9.47 Å². The third kappa shape index (κ3) is 13.1. The van der Waals surface area contributed by atoms with Gasteiger partial charge in [-0.25, -0.2) is 0 Å². The summed E-state index contributed by atoms with van der Waals surface area (Å²) in [6.45, 7) is 7.03. The predicted octanol–water partition coefficient (Wildman–Crippen LogP) is 5.32. The molecule has 0 unspecified atom stereocenters. The molecule has 344 valence electrons. The lowest BCUT2D eigenvalue weighted by atomic mass is 10.1. The minimum Gasteiger partial charge on any atom is -0.459 e. The Morgan fingerprint density at radius 3 is 1.09 bits per heavy atom.